The van der Waals surface area contributed by atoms with Crippen LogP contribution in [0.3, 0.4) is 0 Å². The summed E-state index contributed by atoms with van der Waals surface area (Å²) in [5, 5.41) is 11.6. The van der Waals surface area contributed by atoms with Crippen LogP contribution >= 0.6 is 0 Å². The summed E-state index contributed by atoms with van der Waals surface area (Å²) in [7, 11) is 0. The second-order valence-corrected chi connectivity index (χ2v) is 5.00. The van der Waals surface area contributed by atoms with Gasteiger partial charge < -0.3 is 15.2 Å². The first-order valence-electron chi connectivity index (χ1n) is 7.34. The fraction of sp³-hybridized carbons (Fsp3) is 0.158. The fourth-order valence-corrected chi connectivity index (χ4v) is 2.03. The molecule has 0 aliphatic heterocycles. The van der Waals surface area contributed by atoms with E-state index in [4.69, 9.17) is 9.84 Å². The average Bonchev–Trinajstić information content (AvgIpc) is 2.58. The topological polar surface area (TPSA) is 75.6 Å². The van der Waals surface area contributed by atoms with Crippen molar-refractivity contribution in [2.24, 2.45) is 0 Å². The highest BCUT2D eigenvalue weighted by atomic mass is 16.5. The van der Waals surface area contributed by atoms with Crippen LogP contribution in [0.4, 0.5) is 4.79 Å². The van der Waals surface area contributed by atoms with E-state index in [0.29, 0.717) is 11.1 Å². The van der Waals surface area contributed by atoms with Gasteiger partial charge in [0.25, 0.3) is 0 Å². The highest BCUT2D eigenvalue weighted by Crippen LogP contribution is 2.12. The van der Waals surface area contributed by atoms with E-state index < -0.39 is 12.1 Å². The van der Waals surface area contributed by atoms with Crippen molar-refractivity contribution in [1.29, 1.82) is 0 Å². The molecule has 0 heterocycles. The van der Waals surface area contributed by atoms with Crippen LogP contribution in [-0.2, 0) is 11.3 Å². The predicted octanol–water partition coefficient (Wildman–Crippen LogP) is 2.97. The summed E-state index contributed by atoms with van der Waals surface area (Å²) in [4.78, 5) is 22.6. The van der Waals surface area contributed by atoms with E-state index in [1.165, 1.54) is 6.07 Å². The molecule has 0 atom stereocenters. The molecule has 2 aromatic rings. The zero-order valence-corrected chi connectivity index (χ0v) is 13.2. The van der Waals surface area contributed by atoms with E-state index in [1.54, 1.807) is 19.1 Å². The Kier molecular flexibility index (Phi) is 5.98. The van der Waals surface area contributed by atoms with E-state index >= 15 is 0 Å². The first kappa shape index (κ1) is 17.1. The molecule has 122 valence electrons. The van der Waals surface area contributed by atoms with E-state index in [2.05, 4.69) is 17.2 Å². The number of carbonyl (C=O) groups is 2. The monoisotopic (exact) mass is 323 g/mol. The summed E-state index contributed by atoms with van der Waals surface area (Å²) in [6.45, 7) is 2.01. The van der Waals surface area contributed by atoms with Gasteiger partial charge in [-0.25, -0.2) is 9.59 Å². The number of alkyl carbamates (subject to hydrolysis) is 1. The number of hydrogen-bond acceptors (Lipinski definition) is 3. The summed E-state index contributed by atoms with van der Waals surface area (Å²) in [6.07, 6.45) is -0.552. The maximum absolute atomic E-state index is 11.6. The molecule has 2 N–H and O–H groups in total. The van der Waals surface area contributed by atoms with Gasteiger partial charge in [0.15, 0.2) is 0 Å². The lowest BCUT2D eigenvalue weighted by Gasteiger charge is -2.04. The summed E-state index contributed by atoms with van der Waals surface area (Å²) in [6, 6.07) is 14.3. The van der Waals surface area contributed by atoms with Crippen LogP contribution in [0.5, 0.6) is 0 Å². The van der Waals surface area contributed by atoms with Gasteiger partial charge in [0.2, 0.25) is 0 Å². The minimum Gasteiger partial charge on any atom is -0.478 e. The molecule has 0 saturated carbocycles. The quantitative estimate of drug-likeness (QED) is 0.848. The normalized spacial score (nSPS) is 9.54. The van der Waals surface area contributed by atoms with Gasteiger partial charge in [-0.2, -0.15) is 0 Å². The maximum Gasteiger partial charge on any atom is 0.408 e. The number of carboxylic acids is 1. The van der Waals surface area contributed by atoms with Gasteiger partial charge in [0.1, 0.15) is 6.61 Å². The molecule has 0 radical (unpaired) electrons. The molecule has 0 aliphatic carbocycles. The van der Waals surface area contributed by atoms with Crippen molar-refractivity contribution >= 4 is 12.1 Å². The second-order valence-electron chi connectivity index (χ2n) is 5.00. The average molecular weight is 323 g/mol. The summed E-state index contributed by atoms with van der Waals surface area (Å²) < 4.78 is 5.06. The molecule has 5 nitrogen and oxygen atoms in total. The van der Waals surface area contributed by atoms with Gasteiger partial charge in [-0.1, -0.05) is 48.2 Å². The van der Waals surface area contributed by atoms with Gasteiger partial charge in [-0.3, -0.25) is 0 Å². The minimum absolute atomic E-state index is 0.115. The van der Waals surface area contributed by atoms with Gasteiger partial charge in [0, 0.05) is 5.56 Å². The molecule has 0 saturated heterocycles. The summed E-state index contributed by atoms with van der Waals surface area (Å²) in [5.74, 6) is 4.65. The zero-order chi connectivity index (χ0) is 17.4. The van der Waals surface area contributed by atoms with Gasteiger partial charge >= 0.3 is 12.1 Å². The Morgan fingerprint density at radius 1 is 1.12 bits per heavy atom. The van der Waals surface area contributed by atoms with Crippen molar-refractivity contribution in [3.63, 3.8) is 0 Å². The van der Waals surface area contributed by atoms with Crippen molar-refractivity contribution in [3.8, 4) is 11.8 Å². The van der Waals surface area contributed by atoms with Gasteiger partial charge in [-0.15, -0.1) is 0 Å². The predicted molar refractivity (Wildman–Crippen MR) is 89.6 cm³/mol. The molecule has 0 aliphatic rings. The Labute approximate surface area is 140 Å². The number of benzene rings is 2. The van der Waals surface area contributed by atoms with Crippen LogP contribution < -0.4 is 5.32 Å². The largest absolute Gasteiger partial charge is 0.478 e. The third-order valence-corrected chi connectivity index (χ3v) is 3.32. The highest BCUT2D eigenvalue weighted by molar-refractivity contribution is 5.90. The molecule has 5 heteroatoms. The van der Waals surface area contributed by atoms with Crippen molar-refractivity contribution in [1.82, 2.24) is 5.32 Å². The molecule has 2 aromatic carbocycles. The highest BCUT2D eigenvalue weighted by Gasteiger charge is 2.08. The number of ether oxygens (including phenoxy) is 1. The molecule has 0 spiro atoms. The number of hydrogen-bond donors (Lipinski definition) is 2. The standard InChI is InChI=1S/C19H17NO4/c1-14-16(9-5-11-17(14)18(21)22)10-6-12-20-19(23)24-13-15-7-3-2-4-8-15/h2-5,7-9,11H,12-13H2,1H3,(H,20,23)(H,21,22). The lowest BCUT2D eigenvalue weighted by atomic mass is 10.0. The van der Waals surface area contributed by atoms with Crippen molar-refractivity contribution < 1.29 is 19.4 Å². The summed E-state index contributed by atoms with van der Waals surface area (Å²) in [5.41, 5.74) is 2.34. The number of carboxylic acid groups (broad SMARTS) is 1. The summed E-state index contributed by atoms with van der Waals surface area (Å²) >= 11 is 0. The van der Waals surface area contributed by atoms with E-state index in [0.717, 1.165) is 5.56 Å². The lowest BCUT2D eigenvalue weighted by molar-refractivity contribution is 0.0696. The first-order valence-corrected chi connectivity index (χ1v) is 7.34. The Morgan fingerprint density at radius 3 is 2.58 bits per heavy atom. The number of rotatable bonds is 4. The molecular weight excluding hydrogens is 306 g/mol. The number of aromatic carboxylic acids is 1. The van der Waals surface area contributed by atoms with Crippen LogP contribution in [0.25, 0.3) is 0 Å². The molecular formula is C19H17NO4. The number of carbonyl (C=O) groups excluding carboxylic acids is 1. The van der Waals surface area contributed by atoms with E-state index in [-0.39, 0.29) is 18.7 Å². The van der Waals surface area contributed by atoms with Crippen LogP contribution in [-0.4, -0.2) is 23.7 Å². The fourth-order valence-electron chi connectivity index (χ4n) is 2.03. The van der Waals surface area contributed by atoms with Crippen LogP contribution in [0.2, 0.25) is 0 Å². The van der Waals surface area contributed by atoms with Crippen LogP contribution in [0.1, 0.15) is 27.0 Å². The molecule has 0 fully saturated rings. The minimum atomic E-state index is -0.987. The van der Waals surface area contributed by atoms with Gasteiger partial charge in [-0.05, 0) is 30.2 Å². The smallest absolute Gasteiger partial charge is 0.408 e. The third-order valence-electron chi connectivity index (χ3n) is 3.32. The Hall–Kier alpha value is -3.26. The van der Waals surface area contributed by atoms with E-state index in [1.807, 2.05) is 30.3 Å². The molecule has 0 bridgehead atoms. The van der Waals surface area contributed by atoms with Crippen LogP contribution in [0, 0.1) is 18.8 Å². The SMILES string of the molecule is Cc1c(C#CCNC(=O)OCc2ccccc2)cccc1C(=O)O. The molecule has 24 heavy (non-hydrogen) atoms. The molecule has 0 unspecified atom stereocenters. The Balaban J connectivity index is 1.84. The molecule has 1 amide bonds. The second kappa shape index (κ2) is 8.39. The number of nitrogens with one attached hydrogen (secondary N) is 1. The molecule has 0 aromatic heterocycles. The maximum atomic E-state index is 11.6. The van der Waals surface area contributed by atoms with Crippen molar-refractivity contribution in [2.75, 3.05) is 6.54 Å². The van der Waals surface area contributed by atoms with E-state index in [9.17, 15) is 9.59 Å². The van der Waals surface area contributed by atoms with Crippen LogP contribution in [0.15, 0.2) is 48.5 Å². The zero-order valence-electron chi connectivity index (χ0n) is 13.2. The molecule has 2 rings (SSSR count). The van der Waals surface area contributed by atoms with Crippen molar-refractivity contribution in [2.45, 2.75) is 13.5 Å². The Morgan fingerprint density at radius 2 is 1.88 bits per heavy atom. The lowest BCUT2D eigenvalue weighted by Crippen LogP contribution is -2.24. The Bertz CT molecular complexity index is 788. The number of amides is 1. The third kappa shape index (κ3) is 4.89. The first-order chi connectivity index (χ1) is 11.6. The van der Waals surface area contributed by atoms with Gasteiger partial charge in [0.05, 0.1) is 12.1 Å². The van der Waals surface area contributed by atoms with Crippen molar-refractivity contribution in [3.05, 3.63) is 70.8 Å².